The predicted molar refractivity (Wildman–Crippen MR) is 62.3 cm³/mol. The summed E-state index contributed by atoms with van der Waals surface area (Å²) in [6, 6.07) is 5.89. The number of fused-ring (bicyclic) bond motifs is 3. The highest BCUT2D eigenvalue weighted by atomic mass is 32.1. The van der Waals surface area contributed by atoms with Crippen molar-refractivity contribution in [1.82, 2.24) is 0 Å². The molecule has 1 aliphatic heterocycles. The molecule has 0 aliphatic carbocycles. The van der Waals surface area contributed by atoms with Crippen LogP contribution in [0.5, 0.6) is 10.8 Å². The van der Waals surface area contributed by atoms with E-state index in [-0.39, 0.29) is 0 Å². The van der Waals surface area contributed by atoms with E-state index in [0.29, 0.717) is 11.5 Å². The Morgan fingerprint density at radius 3 is 3.25 bits per heavy atom. The molecule has 0 saturated carbocycles. The van der Waals surface area contributed by atoms with Gasteiger partial charge in [-0.1, -0.05) is 11.3 Å². The quantitative estimate of drug-likeness (QED) is 0.749. The van der Waals surface area contributed by atoms with Crippen LogP contribution in [0.2, 0.25) is 0 Å². The van der Waals surface area contributed by atoms with Crippen molar-refractivity contribution in [2.75, 3.05) is 6.61 Å². The molecule has 82 valence electrons. The average molecular weight is 234 g/mol. The van der Waals surface area contributed by atoms with Gasteiger partial charge in [-0.05, 0) is 30.4 Å². The maximum Gasteiger partial charge on any atom is 0.299 e. The number of rotatable bonds is 2. The van der Waals surface area contributed by atoms with Gasteiger partial charge in [0.25, 0.3) is 6.47 Å². The molecule has 3 nitrogen and oxygen atoms in total. The van der Waals surface area contributed by atoms with Gasteiger partial charge < -0.3 is 9.47 Å². The molecule has 0 fully saturated rings. The summed E-state index contributed by atoms with van der Waals surface area (Å²) in [5, 5.41) is 1.76. The van der Waals surface area contributed by atoms with Crippen molar-refractivity contribution >= 4 is 27.9 Å². The molecule has 0 bridgehead atoms. The fourth-order valence-electron chi connectivity index (χ4n) is 2.03. The molecule has 0 atom stereocenters. The first-order valence-corrected chi connectivity index (χ1v) is 5.98. The Kier molecular flexibility index (Phi) is 2.29. The standard InChI is InChI=1S/C12H10O3S/c13-7-15-11-6-8-3-4-10-9(12(8)16-11)2-1-5-14-10/h3-4,6-7H,1-2,5H2. The number of aryl methyl sites for hydroxylation is 1. The number of carbonyl (C=O) groups excluding carboxylic acids is 1. The topological polar surface area (TPSA) is 35.5 Å². The lowest BCUT2D eigenvalue weighted by Gasteiger charge is -2.17. The van der Waals surface area contributed by atoms with Gasteiger partial charge in [0.15, 0.2) is 5.06 Å². The molecule has 4 heteroatoms. The first-order chi connectivity index (χ1) is 7.88. The Morgan fingerprint density at radius 1 is 1.44 bits per heavy atom. The second-order valence-electron chi connectivity index (χ2n) is 3.69. The Labute approximate surface area is 96.6 Å². The van der Waals surface area contributed by atoms with E-state index in [4.69, 9.17) is 9.47 Å². The summed E-state index contributed by atoms with van der Waals surface area (Å²) in [7, 11) is 0. The van der Waals surface area contributed by atoms with Crippen LogP contribution in [0.3, 0.4) is 0 Å². The molecule has 0 radical (unpaired) electrons. The average Bonchev–Trinajstić information content (AvgIpc) is 2.72. The van der Waals surface area contributed by atoms with Gasteiger partial charge in [0.1, 0.15) is 5.75 Å². The largest absolute Gasteiger partial charge is 0.493 e. The molecular weight excluding hydrogens is 224 g/mol. The summed E-state index contributed by atoms with van der Waals surface area (Å²) in [5.41, 5.74) is 1.24. The van der Waals surface area contributed by atoms with Crippen LogP contribution in [-0.2, 0) is 11.2 Å². The highest BCUT2D eigenvalue weighted by Crippen LogP contribution is 2.39. The van der Waals surface area contributed by atoms with E-state index in [0.717, 1.165) is 30.6 Å². The number of thiophene rings is 1. The molecule has 0 amide bonds. The molecule has 1 aromatic heterocycles. The molecule has 0 unspecified atom stereocenters. The molecule has 16 heavy (non-hydrogen) atoms. The SMILES string of the molecule is O=COc1cc2ccc3c(c2s1)CCCO3. The zero-order valence-electron chi connectivity index (χ0n) is 8.56. The van der Waals surface area contributed by atoms with Gasteiger partial charge in [0.2, 0.25) is 0 Å². The van der Waals surface area contributed by atoms with E-state index < -0.39 is 0 Å². The molecule has 2 aromatic rings. The van der Waals surface area contributed by atoms with Crippen LogP contribution in [0.4, 0.5) is 0 Å². The van der Waals surface area contributed by atoms with E-state index in [1.54, 1.807) is 0 Å². The van der Waals surface area contributed by atoms with Crippen LogP contribution in [-0.4, -0.2) is 13.1 Å². The van der Waals surface area contributed by atoms with Crippen LogP contribution < -0.4 is 9.47 Å². The minimum Gasteiger partial charge on any atom is -0.493 e. The minimum absolute atomic E-state index is 0.466. The van der Waals surface area contributed by atoms with Gasteiger partial charge in [-0.3, -0.25) is 4.79 Å². The maximum atomic E-state index is 10.3. The van der Waals surface area contributed by atoms with Crippen molar-refractivity contribution in [3.63, 3.8) is 0 Å². The zero-order valence-corrected chi connectivity index (χ0v) is 9.38. The Bertz CT molecular complexity index is 544. The first kappa shape index (κ1) is 9.66. The van der Waals surface area contributed by atoms with Crippen LogP contribution >= 0.6 is 11.3 Å². The fourth-order valence-corrected chi connectivity index (χ4v) is 3.07. The van der Waals surface area contributed by atoms with Gasteiger partial charge in [-0.25, -0.2) is 0 Å². The van der Waals surface area contributed by atoms with E-state index in [9.17, 15) is 4.79 Å². The molecule has 0 saturated heterocycles. The first-order valence-electron chi connectivity index (χ1n) is 5.17. The number of ether oxygens (including phenoxy) is 2. The Morgan fingerprint density at radius 2 is 2.38 bits per heavy atom. The summed E-state index contributed by atoms with van der Waals surface area (Å²) in [6.07, 6.45) is 2.08. The smallest absolute Gasteiger partial charge is 0.299 e. The second-order valence-corrected chi connectivity index (χ2v) is 4.71. The third-order valence-corrected chi connectivity index (χ3v) is 3.82. The van der Waals surface area contributed by atoms with E-state index in [1.807, 2.05) is 18.2 Å². The Hall–Kier alpha value is -1.55. The maximum absolute atomic E-state index is 10.3. The zero-order chi connectivity index (χ0) is 11.0. The number of hydrogen-bond donors (Lipinski definition) is 0. The van der Waals surface area contributed by atoms with Crippen molar-refractivity contribution in [2.24, 2.45) is 0 Å². The summed E-state index contributed by atoms with van der Waals surface area (Å²) < 4.78 is 11.7. The van der Waals surface area contributed by atoms with Crippen molar-refractivity contribution in [1.29, 1.82) is 0 Å². The van der Waals surface area contributed by atoms with E-state index in [1.165, 1.54) is 21.6 Å². The van der Waals surface area contributed by atoms with E-state index >= 15 is 0 Å². The molecule has 1 aromatic carbocycles. The summed E-state index contributed by atoms with van der Waals surface area (Å²) in [4.78, 5) is 10.3. The fraction of sp³-hybridized carbons (Fsp3) is 0.250. The van der Waals surface area contributed by atoms with Gasteiger partial charge in [0, 0.05) is 16.3 Å². The summed E-state index contributed by atoms with van der Waals surface area (Å²) in [6.45, 7) is 1.26. The molecule has 0 spiro atoms. The highest BCUT2D eigenvalue weighted by Gasteiger charge is 2.15. The molecule has 3 rings (SSSR count). The summed E-state index contributed by atoms with van der Waals surface area (Å²) in [5.74, 6) is 0.971. The van der Waals surface area contributed by atoms with Crippen LogP contribution in [0.15, 0.2) is 18.2 Å². The molecular formula is C12H10O3S. The number of hydrogen-bond acceptors (Lipinski definition) is 4. The van der Waals surface area contributed by atoms with Crippen LogP contribution in [0, 0.1) is 0 Å². The Balaban J connectivity index is 2.18. The lowest BCUT2D eigenvalue weighted by molar-refractivity contribution is -0.120. The third kappa shape index (κ3) is 1.46. The second kappa shape index (κ2) is 3.79. The van der Waals surface area contributed by atoms with Crippen molar-refractivity contribution in [3.8, 4) is 10.8 Å². The number of carbonyl (C=O) groups is 1. The highest BCUT2D eigenvalue weighted by molar-refractivity contribution is 7.21. The summed E-state index contributed by atoms with van der Waals surface area (Å²) >= 11 is 1.50. The van der Waals surface area contributed by atoms with E-state index in [2.05, 4.69) is 0 Å². The monoisotopic (exact) mass is 234 g/mol. The van der Waals surface area contributed by atoms with Gasteiger partial charge in [0.05, 0.1) is 6.61 Å². The van der Waals surface area contributed by atoms with Gasteiger partial charge in [-0.2, -0.15) is 0 Å². The van der Waals surface area contributed by atoms with Crippen LogP contribution in [0.1, 0.15) is 12.0 Å². The van der Waals surface area contributed by atoms with Gasteiger partial charge in [-0.15, -0.1) is 0 Å². The third-order valence-electron chi connectivity index (χ3n) is 2.72. The predicted octanol–water partition coefficient (Wildman–Crippen LogP) is 2.76. The molecule has 1 aliphatic rings. The minimum atomic E-state index is 0.466. The van der Waals surface area contributed by atoms with Crippen molar-refractivity contribution in [3.05, 3.63) is 23.8 Å². The molecule has 2 heterocycles. The normalized spacial score (nSPS) is 14.2. The number of benzene rings is 1. The van der Waals surface area contributed by atoms with Crippen molar-refractivity contribution in [2.45, 2.75) is 12.8 Å². The lowest BCUT2D eigenvalue weighted by atomic mass is 10.0. The molecule has 0 N–H and O–H groups in total. The van der Waals surface area contributed by atoms with Crippen LogP contribution in [0.25, 0.3) is 10.1 Å². The van der Waals surface area contributed by atoms with Gasteiger partial charge >= 0.3 is 0 Å². The van der Waals surface area contributed by atoms with Crippen molar-refractivity contribution < 1.29 is 14.3 Å². The lowest BCUT2D eigenvalue weighted by Crippen LogP contribution is -2.07.